The molecule has 0 radical (unpaired) electrons. The summed E-state index contributed by atoms with van der Waals surface area (Å²) in [6, 6.07) is 6.82. The predicted octanol–water partition coefficient (Wildman–Crippen LogP) is 0.482. The topological polar surface area (TPSA) is 102 Å². The van der Waals surface area contributed by atoms with Gasteiger partial charge in [0.05, 0.1) is 11.4 Å². The molecule has 0 heterocycles. The third-order valence-electron chi connectivity index (χ3n) is 3.38. The van der Waals surface area contributed by atoms with Crippen molar-refractivity contribution in [3.63, 3.8) is 0 Å². The van der Waals surface area contributed by atoms with Gasteiger partial charge in [-0.05, 0) is 31.4 Å². The van der Waals surface area contributed by atoms with E-state index in [-0.39, 0.29) is 18.9 Å². The molecular weight excluding hydrogens is 280 g/mol. The first-order valence-electron chi connectivity index (χ1n) is 6.57. The number of anilines is 1. The third-order valence-corrected chi connectivity index (χ3v) is 4.67. The van der Waals surface area contributed by atoms with Crippen LogP contribution in [0.25, 0.3) is 0 Å². The van der Waals surface area contributed by atoms with Gasteiger partial charge in [0.15, 0.2) is 0 Å². The second kappa shape index (κ2) is 5.99. The summed E-state index contributed by atoms with van der Waals surface area (Å²) in [6.07, 6.45) is 2.24. The van der Waals surface area contributed by atoms with Gasteiger partial charge in [-0.15, -0.1) is 0 Å². The third kappa shape index (κ3) is 4.36. The lowest BCUT2D eigenvalue weighted by atomic mass is 9.81. The summed E-state index contributed by atoms with van der Waals surface area (Å²) in [5, 5.41) is 9.84. The first-order valence-corrected chi connectivity index (χ1v) is 8.22. The van der Waals surface area contributed by atoms with Crippen molar-refractivity contribution in [1.82, 2.24) is 4.72 Å². The zero-order chi connectivity index (χ0) is 14.6. The minimum absolute atomic E-state index is 0.0389. The maximum Gasteiger partial charge on any atom is 0.215 e. The second-order valence-corrected chi connectivity index (χ2v) is 7.07. The van der Waals surface area contributed by atoms with Crippen molar-refractivity contribution in [2.24, 2.45) is 0 Å². The van der Waals surface area contributed by atoms with Crippen molar-refractivity contribution in [3.8, 4) is 5.75 Å². The van der Waals surface area contributed by atoms with Crippen LogP contribution in [0.2, 0.25) is 0 Å². The number of nitrogens with one attached hydrogen (secondary N) is 1. The van der Waals surface area contributed by atoms with Gasteiger partial charge in [0.25, 0.3) is 0 Å². The van der Waals surface area contributed by atoms with Crippen LogP contribution < -0.4 is 15.2 Å². The van der Waals surface area contributed by atoms with Crippen LogP contribution in [0.4, 0.5) is 5.69 Å². The number of nitrogens with two attached hydrogens (primary N) is 1. The van der Waals surface area contributed by atoms with E-state index < -0.39 is 15.6 Å². The van der Waals surface area contributed by atoms with Crippen LogP contribution in [0.1, 0.15) is 19.3 Å². The number of ether oxygens (including phenoxy) is 1. The van der Waals surface area contributed by atoms with Crippen LogP contribution >= 0.6 is 0 Å². The number of nitrogen functional groups attached to an aromatic ring is 1. The van der Waals surface area contributed by atoms with Gasteiger partial charge in [0.2, 0.25) is 10.0 Å². The minimum Gasteiger partial charge on any atom is -0.492 e. The van der Waals surface area contributed by atoms with Crippen molar-refractivity contribution in [2.75, 3.05) is 24.6 Å². The van der Waals surface area contributed by atoms with Gasteiger partial charge >= 0.3 is 0 Å². The molecule has 0 spiro atoms. The number of aliphatic hydroxyl groups is 1. The molecule has 6 nitrogen and oxygen atoms in total. The minimum atomic E-state index is -3.44. The monoisotopic (exact) mass is 300 g/mol. The van der Waals surface area contributed by atoms with Crippen molar-refractivity contribution >= 4 is 15.7 Å². The first kappa shape index (κ1) is 15.1. The van der Waals surface area contributed by atoms with E-state index in [0.717, 1.165) is 6.42 Å². The Balaban J connectivity index is 1.74. The molecule has 7 heteroatoms. The Morgan fingerprint density at radius 2 is 2.15 bits per heavy atom. The SMILES string of the molecule is Nc1cccc(OCCS(=O)(=O)NCC2(O)CCC2)c1. The van der Waals surface area contributed by atoms with Crippen molar-refractivity contribution in [2.45, 2.75) is 24.9 Å². The molecule has 0 aliphatic heterocycles. The molecule has 0 bridgehead atoms. The number of hydrogen-bond donors (Lipinski definition) is 3. The van der Waals surface area contributed by atoms with Crippen LogP contribution in [0.5, 0.6) is 5.75 Å². The van der Waals surface area contributed by atoms with Gasteiger partial charge in [0.1, 0.15) is 12.4 Å². The summed E-state index contributed by atoms with van der Waals surface area (Å²) in [5.74, 6) is 0.385. The standard InChI is InChI=1S/C13H20N2O4S/c14-11-3-1-4-12(9-11)19-7-8-20(17,18)15-10-13(16)5-2-6-13/h1,3-4,9,15-16H,2,5-8,10,14H2. The van der Waals surface area contributed by atoms with Crippen LogP contribution in [-0.4, -0.2) is 38.0 Å². The lowest BCUT2D eigenvalue weighted by molar-refractivity contribution is -0.0271. The molecule has 2 rings (SSSR count). The molecule has 1 aliphatic rings. The molecule has 1 saturated carbocycles. The average Bonchev–Trinajstić information content (AvgIpc) is 2.34. The van der Waals surface area contributed by atoms with Gasteiger partial charge in [-0.1, -0.05) is 6.07 Å². The second-order valence-electron chi connectivity index (χ2n) is 5.14. The van der Waals surface area contributed by atoms with Gasteiger partial charge in [-0.2, -0.15) is 0 Å². The molecule has 4 N–H and O–H groups in total. The number of rotatable bonds is 7. The Morgan fingerprint density at radius 1 is 1.40 bits per heavy atom. The van der Waals surface area contributed by atoms with E-state index >= 15 is 0 Å². The van der Waals surface area contributed by atoms with E-state index in [9.17, 15) is 13.5 Å². The highest BCUT2D eigenvalue weighted by atomic mass is 32.2. The lowest BCUT2D eigenvalue weighted by Gasteiger charge is -2.36. The number of hydrogen-bond acceptors (Lipinski definition) is 5. The summed E-state index contributed by atoms with van der Waals surface area (Å²) >= 11 is 0. The van der Waals surface area contributed by atoms with E-state index in [2.05, 4.69) is 4.72 Å². The van der Waals surface area contributed by atoms with Crippen molar-refractivity contribution < 1.29 is 18.3 Å². The quantitative estimate of drug-likeness (QED) is 0.636. The molecule has 1 fully saturated rings. The van der Waals surface area contributed by atoms with Crippen LogP contribution in [0.15, 0.2) is 24.3 Å². The molecule has 1 aromatic carbocycles. The highest BCUT2D eigenvalue weighted by Gasteiger charge is 2.35. The molecule has 0 unspecified atom stereocenters. The van der Waals surface area contributed by atoms with Gasteiger partial charge in [0, 0.05) is 18.3 Å². The molecule has 0 aromatic heterocycles. The van der Waals surface area contributed by atoms with E-state index in [1.54, 1.807) is 24.3 Å². The molecular formula is C13H20N2O4S. The van der Waals surface area contributed by atoms with Crippen molar-refractivity contribution in [3.05, 3.63) is 24.3 Å². The van der Waals surface area contributed by atoms with Gasteiger partial charge < -0.3 is 15.6 Å². The van der Waals surface area contributed by atoms with E-state index in [1.807, 2.05) is 0 Å². The maximum atomic E-state index is 11.7. The zero-order valence-corrected chi connectivity index (χ0v) is 12.0. The van der Waals surface area contributed by atoms with Crippen molar-refractivity contribution in [1.29, 1.82) is 0 Å². The highest BCUT2D eigenvalue weighted by molar-refractivity contribution is 7.89. The Hall–Kier alpha value is -1.31. The van der Waals surface area contributed by atoms with Crippen LogP contribution in [0, 0.1) is 0 Å². The van der Waals surface area contributed by atoms with Crippen LogP contribution in [0.3, 0.4) is 0 Å². The van der Waals surface area contributed by atoms with Gasteiger partial charge in [-0.25, -0.2) is 13.1 Å². The molecule has 1 aromatic rings. The summed E-state index contributed by atoms with van der Waals surface area (Å²) in [7, 11) is -3.44. The summed E-state index contributed by atoms with van der Waals surface area (Å²) in [4.78, 5) is 0. The largest absolute Gasteiger partial charge is 0.492 e. The molecule has 1 aliphatic carbocycles. The Kier molecular flexibility index (Phi) is 4.52. The number of sulfonamides is 1. The molecule has 0 amide bonds. The average molecular weight is 300 g/mol. The summed E-state index contributed by atoms with van der Waals surface area (Å²) < 4.78 is 31.2. The number of benzene rings is 1. The Morgan fingerprint density at radius 3 is 2.75 bits per heavy atom. The molecule has 0 atom stereocenters. The lowest BCUT2D eigenvalue weighted by Crippen LogP contribution is -2.48. The van der Waals surface area contributed by atoms with E-state index in [1.165, 1.54) is 0 Å². The molecule has 112 valence electrons. The Labute approximate surface area is 119 Å². The summed E-state index contributed by atoms with van der Waals surface area (Å²) in [5.41, 5.74) is 5.30. The highest BCUT2D eigenvalue weighted by Crippen LogP contribution is 2.30. The zero-order valence-electron chi connectivity index (χ0n) is 11.2. The maximum absolute atomic E-state index is 11.7. The smallest absolute Gasteiger partial charge is 0.215 e. The predicted molar refractivity (Wildman–Crippen MR) is 76.9 cm³/mol. The van der Waals surface area contributed by atoms with Gasteiger partial charge in [-0.3, -0.25) is 0 Å². The first-order chi connectivity index (χ1) is 9.39. The molecule has 20 heavy (non-hydrogen) atoms. The fraction of sp³-hybridized carbons (Fsp3) is 0.538. The van der Waals surface area contributed by atoms with Crippen LogP contribution in [-0.2, 0) is 10.0 Å². The normalized spacial score (nSPS) is 17.4. The molecule has 0 saturated heterocycles. The fourth-order valence-corrected chi connectivity index (χ4v) is 2.89. The fourth-order valence-electron chi connectivity index (χ4n) is 1.95. The van der Waals surface area contributed by atoms with E-state index in [4.69, 9.17) is 10.5 Å². The Bertz CT molecular complexity index is 555. The van der Waals surface area contributed by atoms with E-state index in [0.29, 0.717) is 24.3 Å². The summed E-state index contributed by atoms with van der Waals surface area (Å²) in [6.45, 7) is 0.116.